The molecule has 1 amide bonds. The van der Waals surface area contributed by atoms with Crippen LogP contribution in [0, 0.1) is 0 Å². The van der Waals surface area contributed by atoms with Gasteiger partial charge in [-0.25, -0.2) is 0 Å². The molecule has 2 aliphatic heterocycles. The predicted octanol–water partition coefficient (Wildman–Crippen LogP) is 2.19. The quantitative estimate of drug-likeness (QED) is 0.835. The van der Waals surface area contributed by atoms with Gasteiger partial charge in [-0.1, -0.05) is 12.1 Å². The fourth-order valence-electron chi connectivity index (χ4n) is 2.73. The summed E-state index contributed by atoms with van der Waals surface area (Å²) >= 11 is 0. The van der Waals surface area contributed by atoms with Crippen molar-refractivity contribution in [1.82, 2.24) is 10.6 Å². The van der Waals surface area contributed by atoms with Gasteiger partial charge in [-0.05, 0) is 24.6 Å². The molecule has 3 rings (SSSR count). The second-order valence-corrected chi connectivity index (χ2v) is 5.23. The summed E-state index contributed by atoms with van der Waals surface area (Å²) in [6.45, 7) is 2.86. The topological polar surface area (TPSA) is 53.5 Å². The Morgan fingerprint density at radius 3 is 2.82 bits per heavy atom. The largest absolute Gasteiger partial charge is 0.416 e. The number of hydrogen-bond acceptors (Lipinski definition) is 3. The van der Waals surface area contributed by atoms with Gasteiger partial charge in [-0.3, -0.25) is 9.79 Å². The summed E-state index contributed by atoms with van der Waals surface area (Å²) in [7, 11) is 0. The molecule has 1 aromatic rings. The van der Waals surface area contributed by atoms with Crippen molar-refractivity contribution in [3.63, 3.8) is 0 Å². The first-order valence-electron chi connectivity index (χ1n) is 6.85. The second kappa shape index (κ2) is 5.15. The molecule has 1 atom stereocenters. The predicted molar refractivity (Wildman–Crippen MR) is 75.3 cm³/mol. The smallest absolute Gasteiger partial charge is 0.386 e. The van der Waals surface area contributed by atoms with Gasteiger partial charge in [0.2, 0.25) is 0 Å². The SMILES string of the molecule is CC1=C2C(=NCCN1)C(=O)NC2c1cccc(C(F)(F)F)c1. The minimum atomic E-state index is -4.42. The highest BCUT2D eigenvalue weighted by atomic mass is 19.4. The number of alkyl halides is 3. The molecule has 22 heavy (non-hydrogen) atoms. The first kappa shape index (κ1) is 14.6. The molecular weight excluding hydrogens is 295 g/mol. The molecule has 1 fully saturated rings. The van der Waals surface area contributed by atoms with Gasteiger partial charge < -0.3 is 10.6 Å². The number of amides is 1. The first-order chi connectivity index (χ1) is 10.4. The Morgan fingerprint density at radius 2 is 2.09 bits per heavy atom. The van der Waals surface area contributed by atoms with Gasteiger partial charge in [0, 0.05) is 17.8 Å². The van der Waals surface area contributed by atoms with E-state index in [1.54, 1.807) is 13.0 Å². The molecule has 0 bridgehead atoms. The van der Waals surface area contributed by atoms with E-state index in [0.717, 1.165) is 17.8 Å². The molecule has 7 heteroatoms. The van der Waals surface area contributed by atoms with Crippen molar-refractivity contribution in [2.75, 3.05) is 13.1 Å². The number of aliphatic imine (C=N–C) groups is 1. The number of allylic oxidation sites excluding steroid dienone is 1. The van der Waals surface area contributed by atoms with Crippen LogP contribution in [0.1, 0.15) is 24.1 Å². The average Bonchev–Trinajstić information content (AvgIpc) is 2.67. The van der Waals surface area contributed by atoms with Gasteiger partial charge in [-0.2, -0.15) is 13.2 Å². The maximum absolute atomic E-state index is 12.9. The minimum Gasteiger partial charge on any atom is -0.386 e. The lowest BCUT2D eigenvalue weighted by molar-refractivity contribution is -0.137. The molecule has 0 spiro atoms. The summed E-state index contributed by atoms with van der Waals surface area (Å²) in [6.07, 6.45) is -4.42. The fourth-order valence-corrected chi connectivity index (χ4v) is 2.73. The average molecular weight is 309 g/mol. The number of nitrogens with one attached hydrogen (secondary N) is 2. The fraction of sp³-hybridized carbons (Fsp3) is 0.333. The van der Waals surface area contributed by atoms with Crippen molar-refractivity contribution in [2.24, 2.45) is 4.99 Å². The zero-order chi connectivity index (χ0) is 15.9. The normalized spacial score (nSPS) is 21.7. The zero-order valence-electron chi connectivity index (χ0n) is 11.8. The van der Waals surface area contributed by atoms with Crippen LogP contribution in [-0.4, -0.2) is 24.7 Å². The number of fused-ring (bicyclic) bond motifs is 1. The summed E-state index contributed by atoms with van der Waals surface area (Å²) in [5.74, 6) is -0.347. The summed E-state index contributed by atoms with van der Waals surface area (Å²) in [6, 6.07) is 4.40. The minimum absolute atomic E-state index is 0.310. The van der Waals surface area contributed by atoms with E-state index in [2.05, 4.69) is 15.6 Å². The highest BCUT2D eigenvalue weighted by molar-refractivity contribution is 6.48. The summed E-state index contributed by atoms with van der Waals surface area (Å²) in [5, 5.41) is 5.85. The molecule has 2 heterocycles. The standard InChI is InChI=1S/C15H14F3N3O/c1-8-11-12(21-14(22)13(11)20-6-5-19-8)9-3-2-4-10(7-9)15(16,17)18/h2-4,7,12,19H,5-6H2,1H3,(H,21,22). The Kier molecular flexibility index (Phi) is 3.42. The van der Waals surface area contributed by atoms with Crippen LogP contribution in [-0.2, 0) is 11.0 Å². The number of halogens is 3. The van der Waals surface area contributed by atoms with Crippen molar-refractivity contribution >= 4 is 11.6 Å². The van der Waals surface area contributed by atoms with Crippen LogP contribution in [0.25, 0.3) is 0 Å². The zero-order valence-corrected chi connectivity index (χ0v) is 11.8. The van der Waals surface area contributed by atoms with Crippen molar-refractivity contribution in [3.05, 3.63) is 46.7 Å². The molecule has 2 N–H and O–H groups in total. The van der Waals surface area contributed by atoms with Gasteiger partial charge in [0.1, 0.15) is 5.71 Å². The Morgan fingerprint density at radius 1 is 1.32 bits per heavy atom. The van der Waals surface area contributed by atoms with Crippen molar-refractivity contribution in [2.45, 2.75) is 19.1 Å². The number of carbonyl (C=O) groups is 1. The molecule has 1 saturated heterocycles. The van der Waals surface area contributed by atoms with Gasteiger partial charge in [0.15, 0.2) is 0 Å². The first-order valence-corrected chi connectivity index (χ1v) is 6.85. The molecule has 1 aromatic carbocycles. The van der Waals surface area contributed by atoms with Crippen molar-refractivity contribution in [1.29, 1.82) is 0 Å². The van der Waals surface area contributed by atoms with E-state index in [4.69, 9.17) is 0 Å². The number of benzene rings is 1. The van der Waals surface area contributed by atoms with Gasteiger partial charge in [-0.15, -0.1) is 0 Å². The lowest BCUT2D eigenvalue weighted by Crippen LogP contribution is -2.23. The van der Waals surface area contributed by atoms with E-state index in [-0.39, 0.29) is 5.91 Å². The number of rotatable bonds is 1. The number of nitrogens with zero attached hydrogens (tertiary/aromatic N) is 1. The van der Waals surface area contributed by atoms with Crippen LogP contribution >= 0.6 is 0 Å². The van der Waals surface area contributed by atoms with E-state index in [9.17, 15) is 18.0 Å². The second-order valence-electron chi connectivity index (χ2n) is 5.23. The lowest BCUT2D eigenvalue weighted by Gasteiger charge is -2.16. The number of carbonyl (C=O) groups excluding carboxylic acids is 1. The van der Waals surface area contributed by atoms with Crippen LogP contribution in [0.3, 0.4) is 0 Å². The van der Waals surface area contributed by atoms with E-state index < -0.39 is 17.8 Å². The third kappa shape index (κ3) is 2.47. The van der Waals surface area contributed by atoms with E-state index in [0.29, 0.717) is 29.9 Å². The molecule has 4 nitrogen and oxygen atoms in total. The van der Waals surface area contributed by atoms with Gasteiger partial charge in [0.25, 0.3) is 5.91 Å². The Labute approximate surface area is 125 Å². The molecule has 0 saturated carbocycles. The van der Waals surface area contributed by atoms with Crippen LogP contribution in [0.15, 0.2) is 40.5 Å². The van der Waals surface area contributed by atoms with Gasteiger partial charge in [0.05, 0.1) is 18.2 Å². The van der Waals surface area contributed by atoms with Crippen LogP contribution < -0.4 is 10.6 Å². The molecule has 0 aromatic heterocycles. The van der Waals surface area contributed by atoms with E-state index in [1.165, 1.54) is 6.07 Å². The molecule has 0 aliphatic carbocycles. The van der Waals surface area contributed by atoms with E-state index >= 15 is 0 Å². The molecule has 2 aliphatic rings. The van der Waals surface area contributed by atoms with Gasteiger partial charge >= 0.3 is 6.18 Å². The van der Waals surface area contributed by atoms with Crippen molar-refractivity contribution in [3.8, 4) is 0 Å². The summed E-state index contributed by atoms with van der Waals surface area (Å²) in [4.78, 5) is 16.3. The monoisotopic (exact) mass is 309 g/mol. The Bertz CT molecular complexity index is 692. The third-order valence-electron chi connectivity index (χ3n) is 3.76. The highest BCUT2D eigenvalue weighted by Crippen LogP contribution is 2.35. The van der Waals surface area contributed by atoms with Crippen LogP contribution in [0.4, 0.5) is 13.2 Å². The summed E-state index contributed by atoms with van der Waals surface area (Å²) < 4.78 is 38.6. The van der Waals surface area contributed by atoms with E-state index in [1.807, 2.05) is 0 Å². The number of hydrogen-bond donors (Lipinski definition) is 2. The Hall–Kier alpha value is -2.31. The Balaban J connectivity index is 2.07. The molecule has 1 unspecified atom stereocenters. The molecule has 0 radical (unpaired) electrons. The maximum atomic E-state index is 12.9. The highest BCUT2D eigenvalue weighted by Gasteiger charge is 2.38. The third-order valence-corrected chi connectivity index (χ3v) is 3.76. The molecule has 116 valence electrons. The summed E-state index contributed by atoms with van der Waals surface area (Å²) in [5.41, 5.74) is 1.36. The lowest BCUT2D eigenvalue weighted by atomic mass is 9.96. The van der Waals surface area contributed by atoms with Crippen molar-refractivity contribution < 1.29 is 18.0 Å². The van der Waals surface area contributed by atoms with Crippen LogP contribution in [0.2, 0.25) is 0 Å². The van der Waals surface area contributed by atoms with Crippen LogP contribution in [0.5, 0.6) is 0 Å². The molecular formula is C15H14F3N3O. The maximum Gasteiger partial charge on any atom is 0.416 e.